The minimum absolute atomic E-state index is 0.00234. The molecule has 4 aromatic rings. The lowest BCUT2D eigenvalue weighted by Gasteiger charge is -2.07. The van der Waals surface area contributed by atoms with Crippen LogP contribution in [-0.2, 0) is 6.18 Å². The number of ether oxygens (including phenoxy) is 2. The molecule has 0 saturated carbocycles. The highest BCUT2D eigenvalue weighted by molar-refractivity contribution is 5.99. The molecule has 0 unspecified atom stereocenters. The molecule has 3 N–H and O–H groups in total. The van der Waals surface area contributed by atoms with E-state index < -0.39 is 17.6 Å². The molecule has 0 aliphatic carbocycles. The van der Waals surface area contributed by atoms with Crippen molar-refractivity contribution >= 4 is 17.9 Å². The van der Waals surface area contributed by atoms with Gasteiger partial charge in [-0.2, -0.15) is 23.0 Å². The summed E-state index contributed by atoms with van der Waals surface area (Å²) in [6, 6.07) is 9.15. The summed E-state index contributed by atoms with van der Waals surface area (Å²) in [5.41, 5.74) is 8.06. The number of nitrogen functional groups attached to an aromatic ring is 1. The minimum Gasteiger partial charge on any atom is -0.454 e. The van der Waals surface area contributed by atoms with Gasteiger partial charge in [0.15, 0.2) is 17.2 Å². The zero-order valence-electron chi connectivity index (χ0n) is 17.4. The molecule has 1 aliphatic rings. The second-order valence-electron chi connectivity index (χ2n) is 7.06. The summed E-state index contributed by atoms with van der Waals surface area (Å²) in [4.78, 5) is 12.9. The van der Waals surface area contributed by atoms with Gasteiger partial charge >= 0.3 is 6.18 Å². The Kier molecular flexibility index (Phi) is 5.27. The highest BCUT2D eigenvalue weighted by Crippen LogP contribution is 2.37. The first-order valence-corrected chi connectivity index (χ1v) is 9.76. The fourth-order valence-electron chi connectivity index (χ4n) is 3.20. The molecule has 0 atom stereocenters. The van der Waals surface area contributed by atoms with Crippen molar-refractivity contribution in [2.75, 3.05) is 12.5 Å². The molecule has 1 aliphatic heterocycles. The van der Waals surface area contributed by atoms with E-state index in [0.717, 1.165) is 16.8 Å². The van der Waals surface area contributed by atoms with Gasteiger partial charge in [0.05, 0.1) is 11.8 Å². The Morgan fingerprint density at radius 1 is 1.11 bits per heavy atom. The average molecular weight is 486 g/mol. The van der Waals surface area contributed by atoms with Crippen LogP contribution >= 0.6 is 0 Å². The normalized spacial score (nSPS) is 12.9. The summed E-state index contributed by atoms with van der Waals surface area (Å²) in [7, 11) is 0. The number of benzene rings is 2. The molecule has 15 heteroatoms. The van der Waals surface area contributed by atoms with Gasteiger partial charge in [-0.3, -0.25) is 4.79 Å². The van der Waals surface area contributed by atoms with Gasteiger partial charge in [0.25, 0.3) is 5.91 Å². The Morgan fingerprint density at radius 3 is 2.60 bits per heavy atom. The number of carbonyl (C=O) groups excluding carboxylic acids is 1. The van der Waals surface area contributed by atoms with Crippen molar-refractivity contribution in [3.05, 3.63) is 59.3 Å². The number of rotatable bonds is 5. The van der Waals surface area contributed by atoms with E-state index in [1.54, 1.807) is 18.2 Å². The first-order valence-electron chi connectivity index (χ1n) is 9.76. The maximum Gasteiger partial charge on any atom is 0.416 e. The van der Waals surface area contributed by atoms with Crippen molar-refractivity contribution < 1.29 is 32.1 Å². The zero-order chi connectivity index (χ0) is 24.6. The number of carbonyl (C=O) groups is 1. The fraction of sp³-hybridized carbons (Fsp3) is 0.100. The van der Waals surface area contributed by atoms with Gasteiger partial charge in [0.1, 0.15) is 5.69 Å². The largest absolute Gasteiger partial charge is 0.454 e. The van der Waals surface area contributed by atoms with E-state index in [-0.39, 0.29) is 29.8 Å². The Labute approximate surface area is 193 Å². The van der Waals surface area contributed by atoms with Gasteiger partial charge in [-0.1, -0.05) is 17.3 Å². The molecule has 2 aromatic carbocycles. The lowest BCUT2D eigenvalue weighted by molar-refractivity contribution is -0.137. The van der Waals surface area contributed by atoms with E-state index in [1.165, 1.54) is 18.3 Å². The molecule has 5 rings (SSSR count). The molecule has 0 radical (unpaired) electrons. The smallest absolute Gasteiger partial charge is 0.416 e. The molecule has 0 bridgehead atoms. The second kappa shape index (κ2) is 8.44. The number of nitrogens with one attached hydrogen (secondary N) is 1. The lowest BCUT2D eigenvalue weighted by atomic mass is 10.1. The van der Waals surface area contributed by atoms with Gasteiger partial charge in [0, 0.05) is 5.56 Å². The predicted molar refractivity (Wildman–Crippen MR) is 112 cm³/mol. The van der Waals surface area contributed by atoms with Crippen molar-refractivity contribution in [1.29, 1.82) is 0 Å². The van der Waals surface area contributed by atoms with Crippen LogP contribution in [0.15, 0.2) is 52.2 Å². The number of anilines is 1. The SMILES string of the molecule is Nc1nonc1-n1nnc(C(=O)N/N=C\c2ccc(C(F)(F)F)cc2)c1-c1ccc2c(c1)OCO2. The van der Waals surface area contributed by atoms with Crippen molar-refractivity contribution in [2.24, 2.45) is 5.10 Å². The van der Waals surface area contributed by atoms with Crippen LogP contribution in [0.3, 0.4) is 0 Å². The zero-order valence-corrected chi connectivity index (χ0v) is 17.4. The molecule has 35 heavy (non-hydrogen) atoms. The summed E-state index contributed by atoms with van der Waals surface area (Å²) in [5.74, 6) is 0.0967. The molecule has 3 heterocycles. The van der Waals surface area contributed by atoms with Gasteiger partial charge in [0.2, 0.25) is 18.4 Å². The van der Waals surface area contributed by atoms with Gasteiger partial charge in [-0.05, 0) is 46.2 Å². The number of alkyl halides is 3. The molecule has 2 aromatic heterocycles. The Morgan fingerprint density at radius 2 is 1.89 bits per heavy atom. The highest BCUT2D eigenvalue weighted by atomic mass is 19.4. The number of aromatic nitrogens is 5. The number of fused-ring (bicyclic) bond motifs is 1. The van der Waals surface area contributed by atoms with Crippen LogP contribution in [0, 0.1) is 0 Å². The number of nitrogens with zero attached hydrogens (tertiary/aromatic N) is 6. The monoisotopic (exact) mass is 486 g/mol. The first kappa shape index (κ1) is 21.9. The summed E-state index contributed by atoms with van der Waals surface area (Å²) in [6.07, 6.45) is -3.27. The third-order valence-electron chi connectivity index (χ3n) is 4.85. The van der Waals surface area contributed by atoms with Crippen LogP contribution in [0.5, 0.6) is 11.5 Å². The third kappa shape index (κ3) is 4.21. The summed E-state index contributed by atoms with van der Waals surface area (Å²) in [6.45, 7) is 0.0441. The number of hydrogen-bond donors (Lipinski definition) is 2. The number of halogens is 3. The van der Waals surface area contributed by atoms with Gasteiger partial charge < -0.3 is 15.2 Å². The van der Waals surface area contributed by atoms with E-state index in [1.807, 2.05) is 0 Å². The van der Waals surface area contributed by atoms with Crippen molar-refractivity contribution in [3.63, 3.8) is 0 Å². The van der Waals surface area contributed by atoms with E-state index in [0.29, 0.717) is 22.6 Å². The average Bonchev–Trinajstić information content (AvgIpc) is 3.57. The van der Waals surface area contributed by atoms with E-state index in [9.17, 15) is 18.0 Å². The molecule has 178 valence electrons. The minimum atomic E-state index is -4.45. The van der Waals surface area contributed by atoms with E-state index in [4.69, 9.17) is 15.2 Å². The summed E-state index contributed by atoms with van der Waals surface area (Å²) in [5, 5.41) is 18.9. The van der Waals surface area contributed by atoms with Gasteiger partial charge in [-0.15, -0.1) is 5.10 Å². The third-order valence-corrected chi connectivity index (χ3v) is 4.85. The first-order chi connectivity index (χ1) is 16.8. The quantitative estimate of drug-likeness (QED) is 0.319. The molecule has 1 amide bonds. The molecular weight excluding hydrogens is 473 g/mol. The number of hydrogen-bond acceptors (Lipinski definition) is 10. The second-order valence-corrected chi connectivity index (χ2v) is 7.06. The standard InChI is InChI=1S/C20H13F3N8O4/c21-20(22,23)12-4-1-10(2-5-12)8-25-27-19(32)15-16(11-3-6-13-14(7-11)34-9-33-13)31(30-26-15)18-17(24)28-35-29-18/h1-8H,9H2,(H2,24,28)(H,27,32)/b25-8-. The number of nitrogens with two attached hydrogens (primary N) is 1. The lowest BCUT2D eigenvalue weighted by Crippen LogP contribution is -2.19. The van der Waals surface area contributed by atoms with Crippen LogP contribution in [-0.4, -0.2) is 44.2 Å². The predicted octanol–water partition coefficient (Wildman–Crippen LogP) is 2.41. The molecule has 0 spiro atoms. The van der Waals surface area contributed by atoms with Crippen LogP contribution in [0.4, 0.5) is 19.0 Å². The fourth-order valence-corrected chi connectivity index (χ4v) is 3.20. The molecule has 0 fully saturated rings. The van der Waals surface area contributed by atoms with Crippen molar-refractivity contribution in [2.45, 2.75) is 6.18 Å². The maximum absolute atomic E-state index is 12.9. The van der Waals surface area contributed by atoms with E-state index >= 15 is 0 Å². The van der Waals surface area contributed by atoms with Crippen LogP contribution in [0.1, 0.15) is 21.6 Å². The molecule has 0 saturated heterocycles. The Balaban J connectivity index is 1.44. The van der Waals surface area contributed by atoms with Crippen LogP contribution in [0.25, 0.3) is 17.1 Å². The summed E-state index contributed by atoms with van der Waals surface area (Å²) < 4.78 is 54.6. The number of hydrazone groups is 1. The number of amides is 1. The molecular formula is C20H13F3N8O4. The highest BCUT2D eigenvalue weighted by Gasteiger charge is 2.30. The van der Waals surface area contributed by atoms with Crippen molar-refractivity contribution in [3.8, 4) is 28.6 Å². The van der Waals surface area contributed by atoms with Crippen LogP contribution in [0.2, 0.25) is 0 Å². The topological polar surface area (TPSA) is 156 Å². The molecule has 12 nitrogen and oxygen atoms in total. The van der Waals surface area contributed by atoms with E-state index in [2.05, 4.69) is 35.8 Å². The van der Waals surface area contributed by atoms with Gasteiger partial charge in [-0.25, -0.2) is 10.1 Å². The van der Waals surface area contributed by atoms with Crippen LogP contribution < -0.4 is 20.6 Å². The maximum atomic E-state index is 12.9. The Hall–Kier alpha value is -4.95. The summed E-state index contributed by atoms with van der Waals surface area (Å²) >= 11 is 0. The Bertz CT molecular complexity index is 1430. The van der Waals surface area contributed by atoms with Crippen molar-refractivity contribution in [1.82, 2.24) is 30.7 Å².